The summed E-state index contributed by atoms with van der Waals surface area (Å²) in [7, 11) is 3.45. The molecule has 4 N–H and O–H groups in total. The first-order valence-corrected chi connectivity index (χ1v) is 13.6. The number of aliphatic hydroxyl groups is 1. The molecule has 0 saturated heterocycles. The summed E-state index contributed by atoms with van der Waals surface area (Å²) in [4.78, 5) is 29.7. The minimum atomic E-state index is -4.57. The lowest BCUT2D eigenvalue weighted by molar-refractivity contribution is -0.189. The van der Waals surface area contributed by atoms with Gasteiger partial charge < -0.3 is 30.4 Å². The number of likely N-dealkylation sites (N-methyl/N-ethyl adjacent to an activating group) is 1. The largest absolute Gasteiger partial charge is 0.480 e. The van der Waals surface area contributed by atoms with Crippen LogP contribution in [0.5, 0.6) is 5.75 Å². The third-order valence-corrected chi connectivity index (χ3v) is 6.63. The number of alkyl halides is 3. The number of carbonyl (C=O) groups is 2. The number of hydrogen-bond acceptors (Lipinski definition) is 6. The Hall–Kier alpha value is -3.61. The van der Waals surface area contributed by atoms with Crippen molar-refractivity contribution in [1.29, 1.82) is 0 Å². The number of benzene rings is 2. The highest BCUT2D eigenvalue weighted by molar-refractivity contribution is 6.32. The molecule has 42 heavy (non-hydrogen) atoms. The monoisotopic (exact) mass is 609 g/mol. The third-order valence-electron chi connectivity index (χ3n) is 6.33. The standard InChI is InChI=1S/C29H35ClF3N5O4/c1-17(29(31,32)33)42-24-11-10-20(13-22(24)30)26(40)36-21(14-35-25(39)15-34-4)12-18-6-8-19(9-7-18)23-16-38(5)27(37-23)28(2,3)41/h6-11,13,16-17,21,34,41H,12,14-15H2,1-5H3,(H,35,39)(H,36,40)/t17-,21+/m1/s1. The second kappa shape index (κ2) is 13.6. The van der Waals surface area contributed by atoms with Crippen LogP contribution in [0, 0.1) is 0 Å². The molecule has 0 radical (unpaired) electrons. The van der Waals surface area contributed by atoms with Gasteiger partial charge in [0.1, 0.15) is 17.2 Å². The Morgan fingerprint density at radius 2 is 1.81 bits per heavy atom. The molecule has 2 amide bonds. The van der Waals surface area contributed by atoms with Gasteiger partial charge in [0, 0.05) is 30.9 Å². The van der Waals surface area contributed by atoms with E-state index in [1.165, 1.54) is 18.2 Å². The Bertz CT molecular complexity index is 1390. The van der Waals surface area contributed by atoms with Gasteiger partial charge in [-0.1, -0.05) is 35.9 Å². The first-order valence-electron chi connectivity index (χ1n) is 13.2. The predicted molar refractivity (Wildman–Crippen MR) is 153 cm³/mol. The molecule has 2 atom stereocenters. The minimum absolute atomic E-state index is 0.0967. The van der Waals surface area contributed by atoms with Crippen molar-refractivity contribution in [2.75, 3.05) is 20.1 Å². The van der Waals surface area contributed by atoms with Gasteiger partial charge >= 0.3 is 6.18 Å². The lowest BCUT2D eigenvalue weighted by atomic mass is 10.0. The van der Waals surface area contributed by atoms with Crippen molar-refractivity contribution in [3.8, 4) is 17.0 Å². The van der Waals surface area contributed by atoms with E-state index in [0.717, 1.165) is 18.1 Å². The molecule has 1 heterocycles. The van der Waals surface area contributed by atoms with E-state index in [1.807, 2.05) is 37.5 Å². The van der Waals surface area contributed by atoms with E-state index in [9.17, 15) is 27.9 Å². The van der Waals surface area contributed by atoms with Crippen LogP contribution in [0.4, 0.5) is 13.2 Å². The molecule has 0 saturated carbocycles. The average molecular weight is 610 g/mol. The topological polar surface area (TPSA) is 118 Å². The maximum absolute atomic E-state index is 13.1. The van der Waals surface area contributed by atoms with Gasteiger partial charge in [-0.3, -0.25) is 9.59 Å². The molecule has 2 aromatic carbocycles. The second-order valence-electron chi connectivity index (χ2n) is 10.5. The molecular formula is C29H35ClF3N5O4. The summed E-state index contributed by atoms with van der Waals surface area (Å²) < 4.78 is 45.3. The summed E-state index contributed by atoms with van der Waals surface area (Å²) in [6.45, 7) is 4.41. The van der Waals surface area contributed by atoms with Gasteiger partial charge in [-0.25, -0.2) is 4.98 Å². The summed E-state index contributed by atoms with van der Waals surface area (Å²) in [5.41, 5.74) is 1.42. The maximum atomic E-state index is 13.1. The highest BCUT2D eigenvalue weighted by Gasteiger charge is 2.38. The highest BCUT2D eigenvalue weighted by Crippen LogP contribution is 2.31. The van der Waals surface area contributed by atoms with Crippen LogP contribution < -0.4 is 20.7 Å². The van der Waals surface area contributed by atoms with Crippen molar-refractivity contribution >= 4 is 23.4 Å². The van der Waals surface area contributed by atoms with E-state index in [2.05, 4.69) is 20.9 Å². The molecule has 0 aliphatic rings. The SMILES string of the molecule is CNCC(=O)NC[C@H](Cc1ccc(-c2cn(C)c(C(C)(C)O)n2)cc1)NC(=O)c1ccc(O[C@H](C)C(F)(F)F)c(Cl)c1. The number of rotatable bonds is 12. The van der Waals surface area contributed by atoms with E-state index in [0.29, 0.717) is 17.9 Å². The number of amides is 2. The van der Waals surface area contributed by atoms with Crippen LogP contribution in [0.15, 0.2) is 48.7 Å². The molecule has 9 nitrogen and oxygen atoms in total. The van der Waals surface area contributed by atoms with Crippen LogP contribution in [0.2, 0.25) is 5.02 Å². The summed E-state index contributed by atoms with van der Waals surface area (Å²) >= 11 is 6.12. The number of imidazole rings is 1. The van der Waals surface area contributed by atoms with Gasteiger partial charge in [0.15, 0.2) is 6.10 Å². The number of aryl methyl sites for hydroxylation is 1. The molecule has 3 aromatic rings. The predicted octanol–water partition coefficient (Wildman–Crippen LogP) is 3.97. The molecule has 0 bridgehead atoms. The average Bonchev–Trinajstić information content (AvgIpc) is 3.30. The van der Waals surface area contributed by atoms with Gasteiger partial charge in [0.2, 0.25) is 5.91 Å². The van der Waals surface area contributed by atoms with Crippen molar-refractivity contribution < 1.29 is 32.6 Å². The van der Waals surface area contributed by atoms with Crippen LogP contribution in [-0.2, 0) is 23.9 Å². The van der Waals surface area contributed by atoms with Crippen LogP contribution in [-0.4, -0.2) is 64.9 Å². The van der Waals surface area contributed by atoms with E-state index < -0.39 is 29.8 Å². The Morgan fingerprint density at radius 1 is 1.14 bits per heavy atom. The van der Waals surface area contributed by atoms with Crippen LogP contribution in [0.1, 0.15) is 42.5 Å². The minimum Gasteiger partial charge on any atom is -0.480 e. The zero-order valence-electron chi connectivity index (χ0n) is 24.0. The van der Waals surface area contributed by atoms with Crippen LogP contribution in [0.25, 0.3) is 11.3 Å². The highest BCUT2D eigenvalue weighted by atomic mass is 35.5. The van der Waals surface area contributed by atoms with Gasteiger partial charge in [0.05, 0.1) is 23.3 Å². The van der Waals surface area contributed by atoms with Crippen molar-refractivity contribution in [1.82, 2.24) is 25.5 Å². The Morgan fingerprint density at radius 3 is 2.36 bits per heavy atom. The summed E-state index contributed by atoms with van der Waals surface area (Å²) in [5, 5.41) is 18.6. The van der Waals surface area contributed by atoms with E-state index in [4.69, 9.17) is 16.3 Å². The van der Waals surface area contributed by atoms with Gasteiger partial charge in [-0.05, 0) is 58.0 Å². The van der Waals surface area contributed by atoms with Crippen molar-refractivity contribution in [3.05, 3.63) is 70.6 Å². The first kappa shape index (κ1) is 32.9. The van der Waals surface area contributed by atoms with Crippen molar-refractivity contribution in [2.45, 2.75) is 51.1 Å². The number of aromatic nitrogens is 2. The Labute approximate surface area is 247 Å². The molecule has 0 aliphatic heterocycles. The van der Waals surface area contributed by atoms with E-state index in [1.54, 1.807) is 25.5 Å². The van der Waals surface area contributed by atoms with Crippen molar-refractivity contribution in [3.63, 3.8) is 0 Å². The fraction of sp³-hybridized carbons (Fsp3) is 0.414. The van der Waals surface area contributed by atoms with Crippen LogP contribution >= 0.6 is 11.6 Å². The van der Waals surface area contributed by atoms with Crippen molar-refractivity contribution in [2.24, 2.45) is 7.05 Å². The maximum Gasteiger partial charge on any atom is 0.425 e. The molecule has 228 valence electrons. The van der Waals surface area contributed by atoms with Gasteiger partial charge in [0.25, 0.3) is 5.91 Å². The number of ether oxygens (including phenoxy) is 1. The summed E-state index contributed by atoms with van der Waals surface area (Å²) in [6.07, 6.45) is -4.46. The number of nitrogens with zero attached hydrogens (tertiary/aromatic N) is 2. The summed E-state index contributed by atoms with van der Waals surface area (Å²) in [5.74, 6) is -0.453. The lowest BCUT2D eigenvalue weighted by Gasteiger charge is -2.21. The fourth-order valence-electron chi connectivity index (χ4n) is 4.17. The lowest BCUT2D eigenvalue weighted by Crippen LogP contribution is -2.46. The summed E-state index contributed by atoms with van der Waals surface area (Å²) in [6, 6.07) is 10.8. The van der Waals surface area contributed by atoms with E-state index in [-0.39, 0.29) is 35.3 Å². The third kappa shape index (κ3) is 8.94. The molecule has 0 aliphatic carbocycles. The zero-order valence-corrected chi connectivity index (χ0v) is 24.7. The van der Waals surface area contributed by atoms with E-state index >= 15 is 0 Å². The molecule has 3 rings (SSSR count). The fourth-order valence-corrected chi connectivity index (χ4v) is 4.39. The van der Waals surface area contributed by atoms with Crippen LogP contribution in [0.3, 0.4) is 0 Å². The molecule has 13 heteroatoms. The Balaban J connectivity index is 1.75. The quantitative estimate of drug-likeness (QED) is 0.247. The van der Waals surface area contributed by atoms with Gasteiger partial charge in [-0.2, -0.15) is 13.2 Å². The molecule has 1 aromatic heterocycles. The molecule has 0 spiro atoms. The first-order chi connectivity index (χ1) is 19.6. The smallest absolute Gasteiger partial charge is 0.425 e. The number of hydrogen-bond donors (Lipinski definition) is 4. The Kier molecular flexibility index (Phi) is 10.6. The number of nitrogens with one attached hydrogen (secondary N) is 3. The zero-order chi connectivity index (χ0) is 31.2. The number of halogens is 4. The normalized spacial score (nSPS) is 13.4. The number of carbonyl (C=O) groups excluding carboxylic acids is 2. The molecule has 0 fully saturated rings. The molecular weight excluding hydrogens is 575 g/mol. The van der Waals surface area contributed by atoms with Gasteiger partial charge in [-0.15, -0.1) is 0 Å². The molecule has 0 unspecified atom stereocenters. The second-order valence-corrected chi connectivity index (χ2v) is 10.9.